The lowest BCUT2D eigenvalue weighted by Crippen LogP contribution is -2.53. The minimum Gasteiger partial charge on any atom is -0.365 e. The summed E-state index contributed by atoms with van der Waals surface area (Å²) in [4.78, 5) is 33.9. The van der Waals surface area contributed by atoms with Gasteiger partial charge in [0, 0.05) is 43.0 Å². The smallest absolute Gasteiger partial charge is 0.316 e. The van der Waals surface area contributed by atoms with Crippen molar-refractivity contribution in [1.82, 2.24) is 24.8 Å². The second-order valence-electron chi connectivity index (χ2n) is 9.66. The molecule has 190 valence electrons. The number of anilines is 1. The molecule has 0 N–H and O–H groups in total. The van der Waals surface area contributed by atoms with E-state index in [2.05, 4.69) is 52.2 Å². The fraction of sp³-hybridized carbons (Fsp3) is 0.321. The summed E-state index contributed by atoms with van der Waals surface area (Å²) in [5.74, 6) is -0.162. The Bertz CT molecular complexity index is 1510. The van der Waals surface area contributed by atoms with Crippen molar-refractivity contribution in [2.75, 3.05) is 24.5 Å². The second kappa shape index (κ2) is 10.0. The Labute approximate surface area is 215 Å². The molecule has 0 saturated carbocycles. The summed E-state index contributed by atoms with van der Waals surface area (Å²) in [6.45, 7) is 10.1. The van der Waals surface area contributed by atoms with E-state index < -0.39 is 0 Å². The fourth-order valence-electron chi connectivity index (χ4n) is 4.62. The Morgan fingerprint density at radius 3 is 2.62 bits per heavy atom. The number of carbonyl (C=O) groups is 1. The van der Waals surface area contributed by atoms with E-state index in [0.717, 1.165) is 16.8 Å². The number of hydrogen-bond acceptors (Lipinski definition) is 7. The molecule has 2 aromatic heterocycles. The van der Waals surface area contributed by atoms with Crippen LogP contribution in [-0.4, -0.2) is 56.4 Å². The van der Waals surface area contributed by atoms with E-state index in [9.17, 15) is 9.59 Å². The van der Waals surface area contributed by atoms with Gasteiger partial charge in [0.15, 0.2) is 5.82 Å². The van der Waals surface area contributed by atoms with Gasteiger partial charge in [-0.15, -0.1) is 0 Å². The van der Waals surface area contributed by atoms with Crippen LogP contribution >= 0.6 is 0 Å². The number of nitrogens with zero attached hydrogens (tertiary/aromatic N) is 6. The molecule has 1 fully saturated rings. The first-order valence-corrected chi connectivity index (χ1v) is 12.4. The summed E-state index contributed by atoms with van der Waals surface area (Å²) < 4.78 is 6.57. The maximum absolute atomic E-state index is 13.1. The molecule has 0 spiro atoms. The van der Waals surface area contributed by atoms with E-state index in [4.69, 9.17) is 4.52 Å². The van der Waals surface area contributed by atoms with Crippen molar-refractivity contribution in [3.8, 4) is 11.3 Å². The number of piperazine rings is 1. The zero-order chi connectivity index (χ0) is 26.1. The zero-order valence-corrected chi connectivity index (χ0v) is 21.5. The van der Waals surface area contributed by atoms with Crippen molar-refractivity contribution in [2.45, 2.75) is 40.3 Å². The van der Waals surface area contributed by atoms with E-state index in [1.807, 2.05) is 38.1 Å². The summed E-state index contributed by atoms with van der Waals surface area (Å²) in [6, 6.07) is 17.7. The summed E-state index contributed by atoms with van der Waals surface area (Å²) in [5, 5.41) is 8.43. The van der Waals surface area contributed by atoms with Crippen LogP contribution < -0.4 is 10.5 Å². The van der Waals surface area contributed by atoms with Gasteiger partial charge in [-0.25, -0.2) is 4.68 Å². The van der Waals surface area contributed by atoms with Crippen molar-refractivity contribution in [2.24, 2.45) is 0 Å². The summed E-state index contributed by atoms with van der Waals surface area (Å²) >= 11 is 0. The van der Waals surface area contributed by atoms with Crippen molar-refractivity contribution >= 4 is 11.6 Å². The molecular weight excluding hydrogens is 468 g/mol. The molecule has 0 bridgehead atoms. The van der Waals surface area contributed by atoms with Crippen LogP contribution in [0.1, 0.15) is 40.1 Å². The van der Waals surface area contributed by atoms with E-state index in [1.165, 1.54) is 21.9 Å². The van der Waals surface area contributed by atoms with Gasteiger partial charge < -0.3 is 14.3 Å². The highest BCUT2D eigenvalue weighted by Crippen LogP contribution is 2.23. The number of benzene rings is 2. The first kappa shape index (κ1) is 24.4. The molecule has 5 rings (SSSR count). The molecule has 1 aliphatic heterocycles. The molecule has 0 unspecified atom stereocenters. The Balaban J connectivity index is 1.28. The van der Waals surface area contributed by atoms with Gasteiger partial charge in [0.2, 0.25) is 0 Å². The minimum atomic E-state index is -0.307. The Morgan fingerprint density at radius 2 is 1.86 bits per heavy atom. The number of hydrogen-bond donors (Lipinski definition) is 0. The number of amides is 1. The lowest BCUT2D eigenvalue weighted by atomic mass is 10.0. The molecule has 0 radical (unpaired) electrons. The first-order valence-electron chi connectivity index (χ1n) is 12.4. The van der Waals surface area contributed by atoms with Crippen molar-refractivity contribution < 1.29 is 9.32 Å². The highest BCUT2D eigenvalue weighted by Gasteiger charge is 2.30. The van der Waals surface area contributed by atoms with Crippen LogP contribution in [0, 0.1) is 20.8 Å². The molecule has 37 heavy (non-hydrogen) atoms. The number of rotatable bonds is 5. The topological polar surface area (TPSA) is 97.4 Å². The Hall–Kier alpha value is -4.27. The number of aryl methyl sites for hydroxylation is 3. The highest BCUT2D eigenvalue weighted by atomic mass is 16.5. The van der Waals surface area contributed by atoms with Gasteiger partial charge in [0.1, 0.15) is 6.54 Å². The molecule has 1 saturated heterocycles. The SMILES string of the molecule is Cc1cccc(N2CCN(C(=O)c3nc(Cn4nc(-c5ccc(C)c(C)c5)ccc4=O)no3)C[C@@H]2C)c1. The van der Waals surface area contributed by atoms with E-state index >= 15 is 0 Å². The third kappa shape index (κ3) is 5.16. The van der Waals surface area contributed by atoms with Crippen molar-refractivity contribution in [3.63, 3.8) is 0 Å². The molecule has 1 atom stereocenters. The van der Waals surface area contributed by atoms with Gasteiger partial charge in [-0.05, 0) is 68.7 Å². The fourth-order valence-corrected chi connectivity index (χ4v) is 4.62. The Kier molecular flexibility index (Phi) is 6.60. The van der Waals surface area contributed by atoms with Crippen LogP contribution in [-0.2, 0) is 6.54 Å². The molecule has 2 aromatic carbocycles. The predicted octanol–water partition coefficient (Wildman–Crippen LogP) is 3.62. The average molecular weight is 499 g/mol. The summed E-state index contributed by atoms with van der Waals surface area (Å²) in [7, 11) is 0. The lowest BCUT2D eigenvalue weighted by Gasteiger charge is -2.40. The van der Waals surface area contributed by atoms with Crippen LogP contribution in [0.2, 0.25) is 0 Å². The quantitative estimate of drug-likeness (QED) is 0.415. The molecule has 1 aliphatic rings. The van der Waals surface area contributed by atoms with Crippen LogP contribution in [0.5, 0.6) is 0 Å². The van der Waals surface area contributed by atoms with Crippen LogP contribution in [0.15, 0.2) is 63.9 Å². The molecule has 0 aliphatic carbocycles. The predicted molar refractivity (Wildman–Crippen MR) is 141 cm³/mol. The van der Waals surface area contributed by atoms with E-state index in [-0.39, 0.29) is 35.8 Å². The van der Waals surface area contributed by atoms with Gasteiger partial charge in [-0.3, -0.25) is 9.59 Å². The van der Waals surface area contributed by atoms with Gasteiger partial charge in [-0.1, -0.05) is 29.4 Å². The first-order chi connectivity index (χ1) is 17.8. The second-order valence-corrected chi connectivity index (χ2v) is 9.66. The number of aromatic nitrogens is 4. The van der Waals surface area contributed by atoms with Crippen LogP contribution in [0.3, 0.4) is 0 Å². The monoisotopic (exact) mass is 498 g/mol. The van der Waals surface area contributed by atoms with Gasteiger partial charge in [-0.2, -0.15) is 10.1 Å². The normalized spacial score (nSPS) is 15.7. The lowest BCUT2D eigenvalue weighted by molar-refractivity contribution is 0.0676. The van der Waals surface area contributed by atoms with E-state index in [1.54, 1.807) is 11.0 Å². The van der Waals surface area contributed by atoms with Gasteiger partial charge in [0.25, 0.3) is 5.56 Å². The zero-order valence-electron chi connectivity index (χ0n) is 21.5. The molecular formula is C28H30N6O3. The molecule has 4 aromatic rings. The molecule has 9 nitrogen and oxygen atoms in total. The van der Waals surface area contributed by atoms with E-state index in [0.29, 0.717) is 25.3 Å². The molecule has 1 amide bonds. The largest absolute Gasteiger partial charge is 0.365 e. The highest BCUT2D eigenvalue weighted by molar-refractivity contribution is 5.89. The average Bonchev–Trinajstić information content (AvgIpc) is 3.35. The molecule has 9 heteroatoms. The number of carbonyl (C=O) groups excluding carboxylic acids is 1. The van der Waals surface area contributed by atoms with Gasteiger partial charge in [0.05, 0.1) is 5.69 Å². The van der Waals surface area contributed by atoms with Gasteiger partial charge >= 0.3 is 11.8 Å². The summed E-state index contributed by atoms with van der Waals surface area (Å²) in [5.41, 5.74) is 5.99. The van der Waals surface area contributed by atoms with Crippen LogP contribution in [0.25, 0.3) is 11.3 Å². The third-order valence-electron chi connectivity index (χ3n) is 6.86. The minimum absolute atomic E-state index is 0.00579. The Morgan fingerprint density at radius 1 is 1.03 bits per heavy atom. The van der Waals surface area contributed by atoms with Crippen molar-refractivity contribution in [3.05, 3.63) is 93.4 Å². The van der Waals surface area contributed by atoms with Crippen LogP contribution in [0.4, 0.5) is 5.69 Å². The third-order valence-corrected chi connectivity index (χ3v) is 6.86. The molecule has 3 heterocycles. The maximum Gasteiger partial charge on any atom is 0.316 e. The van der Waals surface area contributed by atoms with Crippen molar-refractivity contribution in [1.29, 1.82) is 0 Å². The maximum atomic E-state index is 13.1. The summed E-state index contributed by atoms with van der Waals surface area (Å²) in [6.07, 6.45) is 0. The standard InChI is InChI=1S/C28H30N6O3/c1-18-6-5-7-23(14-18)33-13-12-32(16-21(33)4)28(36)27-29-25(31-37-27)17-34-26(35)11-10-24(30-34)22-9-8-19(2)20(3)15-22/h5-11,14-15,21H,12-13,16-17H2,1-4H3/t21-/m0/s1.